The molecule has 2 aromatic heterocycles. The summed E-state index contributed by atoms with van der Waals surface area (Å²) in [6.45, 7) is 0. The van der Waals surface area contributed by atoms with Gasteiger partial charge < -0.3 is 10.5 Å². The molecule has 9 heteroatoms. The molecular weight excluding hydrogens is 468 g/mol. The molecule has 3 N–H and O–H groups in total. The van der Waals surface area contributed by atoms with Crippen molar-refractivity contribution in [3.63, 3.8) is 0 Å². The van der Waals surface area contributed by atoms with Gasteiger partial charge in [-0.25, -0.2) is 18.4 Å². The molecule has 4 aromatic rings. The number of fused-ring (bicyclic) bond motifs is 1. The SMILES string of the molecule is COc1ncc(-c2ccc3nc(N)c(Br)cc3c2)cc1NS(=O)(=O)c1ccccc1. The van der Waals surface area contributed by atoms with Crippen LogP contribution in [0, 0.1) is 0 Å². The summed E-state index contributed by atoms with van der Waals surface area (Å²) in [5.41, 5.74) is 8.41. The number of pyridine rings is 2. The van der Waals surface area contributed by atoms with E-state index >= 15 is 0 Å². The molecule has 0 saturated heterocycles. The van der Waals surface area contributed by atoms with Crippen molar-refractivity contribution >= 4 is 48.4 Å². The van der Waals surface area contributed by atoms with Gasteiger partial charge in [0.05, 0.1) is 22.0 Å². The van der Waals surface area contributed by atoms with E-state index < -0.39 is 10.0 Å². The maximum Gasteiger partial charge on any atom is 0.262 e. The third kappa shape index (κ3) is 3.94. The molecule has 2 aromatic carbocycles. The van der Waals surface area contributed by atoms with Crippen molar-refractivity contribution in [1.29, 1.82) is 0 Å². The fourth-order valence-corrected chi connectivity index (χ4v) is 4.40. The number of methoxy groups -OCH3 is 1. The quantitative estimate of drug-likeness (QED) is 0.433. The van der Waals surface area contributed by atoms with E-state index in [1.807, 2.05) is 24.3 Å². The standard InChI is InChI=1S/C21H17BrN4O3S/c1-29-21-19(26-30(27,28)16-5-3-2-4-6-16)11-15(12-24-21)13-7-8-18-14(9-13)10-17(22)20(23)25-18/h2-12,26H,1H3,(H2,23,25). The number of nitrogens with two attached hydrogens (primary N) is 1. The number of halogens is 1. The molecule has 7 nitrogen and oxygen atoms in total. The van der Waals surface area contributed by atoms with Crippen LogP contribution in [0.15, 0.2) is 76.2 Å². The lowest BCUT2D eigenvalue weighted by Gasteiger charge is -2.13. The first-order valence-corrected chi connectivity index (χ1v) is 11.1. The number of benzene rings is 2. The van der Waals surface area contributed by atoms with Crippen molar-refractivity contribution in [2.75, 3.05) is 17.6 Å². The van der Waals surface area contributed by atoms with E-state index in [1.54, 1.807) is 30.5 Å². The summed E-state index contributed by atoms with van der Waals surface area (Å²) in [5, 5.41) is 0.885. The Morgan fingerprint density at radius 1 is 1.03 bits per heavy atom. The van der Waals surface area contributed by atoms with Crippen LogP contribution in [-0.2, 0) is 10.0 Å². The Labute approximate surface area is 182 Å². The minimum absolute atomic E-state index is 0.150. The van der Waals surface area contributed by atoms with Crippen LogP contribution in [0.4, 0.5) is 11.5 Å². The minimum Gasteiger partial charge on any atom is -0.480 e. The summed E-state index contributed by atoms with van der Waals surface area (Å²) in [6, 6.07) is 17.4. The Morgan fingerprint density at radius 3 is 2.53 bits per heavy atom. The molecule has 0 radical (unpaired) electrons. The molecule has 2 heterocycles. The van der Waals surface area contributed by atoms with Gasteiger partial charge in [0.25, 0.3) is 10.0 Å². The second kappa shape index (κ2) is 7.92. The highest BCUT2D eigenvalue weighted by atomic mass is 79.9. The fraction of sp³-hybridized carbons (Fsp3) is 0.0476. The second-order valence-electron chi connectivity index (χ2n) is 6.46. The van der Waals surface area contributed by atoms with E-state index in [4.69, 9.17) is 10.5 Å². The zero-order chi connectivity index (χ0) is 21.3. The van der Waals surface area contributed by atoms with Crippen molar-refractivity contribution in [2.24, 2.45) is 0 Å². The molecule has 0 saturated carbocycles. The van der Waals surface area contributed by atoms with Crippen molar-refractivity contribution in [2.45, 2.75) is 4.90 Å². The van der Waals surface area contributed by atoms with Gasteiger partial charge in [0.2, 0.25) is 5.88 Å². The Morgan fingerprint density at radius 2 is 1.80 bits per heavy atom. The first kappa shape index (κ1) is 20.1. The lowest BCUT2D eigenvalue weighted by Crippen LogP contribution is -2.14. The predicted octanol–water partition coefficient (Wildman–Crippen LogP) is 4.45. The maximum absolute atomic E-state index is 12.7. The summed E-state index contributed by atoms with van der Waals surface area (Å²) in [6.07, 6.45) is 1.63. The summed E-state index contributed by atoms with van der Waals surface area (Å²) in [5.74, 6) is 0.593. The molecule has 30 heavy (non-hydrogen) atoms. The van der Waals surface area contributed by atoms with Gasteiger partial charge >= 0.3 is 0 Å². The summed E-state index contributed by atoms with van der Waals surface area (Å²) in [4.78, 5) is 8.76. The molecule has 0 spiro atoms. The number of rotatable bonds is 5. The highest BCUT2D eigenvalue weighted by Crippen LogP contribution is 2.32. The second-order valence-corrected chi connectivity index (χ2v) is 9.00. The van der Waals surface area contributed by atoms with Gasteiger partial charge in [-0.2, -0.15) is 0 Å². The van der Waals surface area contributed by atoms with Gasteiger partial charge in [0.15, 0.2) is 0 Å². The van der Waals surface area contributed by atoms with Crippen LogP contribution < -0.4 is 15.2 Å². The van der Waals surface area contributed by atoms with Gasteiger partial charge in [-0.15, -0.1) is 0 Å². The zero-order valence-corrected chi connectivity index (χ0v) is 18.2. The lowest BCUT2D eigenvalue weighted by atomic mass is 10.0. The van der Waals surface area contributed by atoms with E-state index in [0.29, 0.717) is 10.3 Å². The Hall–Kier alpha value is -3.17. The largest absolute Gasteiger partial charge is 0.480 e. The number of hydrogen-bond donors (Lipinski definition) is 2. The molecule has 0 aliphatic rings. The Kier molecular flexibility index (Phi) is 5.31. The van der Waals surface area contributed by atoms with Gasteiger partial charge in [-0.1, -0.05) is 24.3 Å². The van der Waals surface area contributed by atoms with Crippen molar-refractivity contribution in [3.05, 3.63) is 71.3 Å². The van der Waals surface area contributed by atoms with E-state index in [9.17, 15) is 8.42 Å². The van der Waals surface area contributed by atoms with Crippen LogP contribution in [0.2, 0.25) is 0 Å². The molecular formula is C21H17BrN4O3S. The summed E-state index contributed by atoms with van der Waals surface area (Å²) < 4.78 is 34.0. The number of hydrogen-bond acceptors (Lipinski definition) is 6. The first-order valence-electron chi connectivity index (χ1n) is 8.85. The van der Waals surface area contributed by atoms with E-state index in [2.05, 4.69) is 30.6 Å². The summed E-state index contributed by atoms with van der Waals surface area (Å²) >= 11 is 3.39. The summed E-state index contributed by atoms with van der Waals surface area (Å²) in [7, 11) is -2.35. The average Bonchev–Trinajstić information content (AvgIpc) is 2.74. The Balaban J connectivity index is 1.76. The minimum atomic E-state index is -3.79. The van der Waals surface area contributed by atoms with Crippen molar-refractivity contribution in [1.82, 2.24) is 9.97 Å². The van der Waals surface area contributed by atoms with Crippen molar-refractivity contribution < 1.29 is 13.2 Å². The number of sulfonamides is 1. The molecule has 0 aliphatic heterocycles. The van der Waals surface area contributed by atoms with Gasteiger partial charge in [0, 0.05) is 17.1 Å². The molecule has 0 unspecified atom stereocenters. The van der Waals surface area contributed by atoms with Crippen LogP contribution in [-0.4, -0.2) is 25.5 Å². The van der Waals surface area contributed by atoms with Gasteiger partial charge in [0.1, 0.15) is 11.5 Å². The third-order valence-electron chi connectivity index (χ3n) is 4.47. The number of anilines is 2. The number of nitrogens with zero attached hydrogens (tertiary/aromatic N) is 2. The molecule has 0 atom stereocenters. The average molecular weight is 485 g/mol. The monoisotopic (exact) mass is 484 g/mol. The number of nitrogens with one attached hydrogen (secondary N) is 1. The first-order chi connectivity index (χ1) is 14.4. The molecule has 0 aliphatic carbocycles. The highest BCUT2D eigenvalue weighted by molar-refractivity contribution is 9.10. The predicted molar refractivity (Wildman–Crippen MR) is 121 cm³/mol. The highest BCUT2D eigenvalue weighted by Gasteiger charge is 2.18. The van der Waals surface area contributed by atoms with E-state index in [-0.39, 0.29) is 16.5 Å². The van der Waals surface area contributed by atoms with Crippen LogP contribution >= 0.6 is 15.9 Å². The molecule has 152 valence electrons. The third-order valence-corrected chi connectivity index (χ3v) is 6.49. The van der Waals surface area contributed by atoms with Gasteiger partial charge in [-0.3, -0.25) is 4.72 Å². The van der Waals surface area contributed by atoms with Crippen molar-refractivity contribution in [3.8, 4) is 17.0 Å². The van der Waals surface area contributed by atoms with Crippen LogP contribution in [0.25, 0.3) is 22.0 Å². The molecule has 4 rings (SSSR count). The van der Waals surface area contributed by atoms with Crippen LogP contribution in [0.3, 0.4) is 0 Å². The number of nitrogen functional groups attached to an aromatic ring is 1. The van der Waals surface area contributed by atoms with E-state index in [0.717, 1.165) is 22.0 Å². The van der Waals surface area contributed by atoms with E-state index in [1.165, 1.54) is 19.2 Å². The smallest absolute Gasteiger partial charge is 0.262 e. The lowest BCUT2D eigenvalue weighted by molar-refractivity contribution is 0.400. The van der Waals surface area contributed by atoms with Crippen LogP contribution in [0.5, 0.6) is 5.88 Å². The Bertz CT molecular complexity index is 1350. The molecule has 0 bridgehead atoms. The molecule has 0 amide bonds. The number of ether oxygens (including phenoxy) is 1. The molecule has 0 fully saturated rings. The maximum atomic E-state index is 12.7. The topological polar surface area (TPSA) is 107 Å². The van der Waals surface area contributed by atoms with Crippen LogP contribution in [0.1, 0.15) is 0 Å². The van der Waals surface area contributed by atoms with Gasteiger partial charge in [-0.05, 0) is 57.9 Å². The zero-order valence-electron chi connectivity index (χ0n) is 15.8. The number of aromatic nitrogens is 2. The fourth-order valence-electron chi connectivity index (χ4n) is 2.99. The normalized spacial score (nSPS) is 11.4.